The van der Waals surface area contributed by atoms with Crippen molar-refractivity contribution < 1.29 is 9.90 Å². The van der Waals surface area contributed by atoms with E-state index >= 15 is 0 Å². The number of hydrogen-bond donors (Lipinski definition) is 3. The molecule has 0 spiro atoms. The van der Waals surface area contributed by atoms with Crippen LogP contribution in [-0.2, 0) is 11.3 Å². The Kier molecular flexibility index (Phi) is 3.76. The zero-order valence-corrected chi connectivity index (χ0v) is 9.94. The van der Waals surface area contributed by atoms with Gasteiger partial charge in [0, 0.05) is 12.6 Å². The minimum atomic E-state index is -0.806. The molecule has 3 N–H and O–H groups in total. The lowest BCUT2D eigenvalue weighted by molar-refractivity contribution is -0.139. The molecule has 17 heavy (non-hydrogen) atoms. The first-order chi connectivity index (χ1) is 8.18. The van der Waals surface area contributed by atoms with Gasteiger partial charge < -0.3 is 10.4 Å². The maximum Gasteiger partial charge on any atom is 0.320 e. The van der Waals surface area contributed by atoms with E-state index in [1.165, 1.54) is 11.1 Å². The summed E-state index contributed by atoms with van der Waals surface area (Å²) in [4.78, 5) is 10.9. The van der Waals surface area contributed by atoms with E-state index in [1.807, 2.05) is 12.1 Å². The third-order valence-corrected chi connectivity index (χ3v) is 3.18. The van der Waals surface area contributed by atoms with Crippen LogP contribution in [-0.4, -0.2) is 23.7 Å². The van der Waals surface area contributed by atoms with Gasteiger partial charge in [-0.1, -0.05) is 24.3 Å². The molecule has 2 atom stereocenters. The van der Waals surface area contributed by atoms with Gasteiger partial charge >= 0.3 is 5.97 Å². The Bertz CT molecular complexity index is 406. The van der Waals surface area contributed by atoms with Crippen molar-refractivity contribution in [2.75, 3.05) is 6.54 Å². The average molecular weight is 234 g/mol. The topological polar surface area (TPSA) is 61.4 Å². The van der Waals surface area contributed by atoms with Gasteiger partial charge in [0.05, 0.1) is 0 Å². The molecule has 0 radical (unpaired) electrons. The van der Waals surface area contributed by atoms with Crippen molar-refractivity contribution in [3.8, 4) is 0 Å². The van der Waals surface area contributed by atoms with Gasteiger partial charge in [-0.05, 0) is 31.0 Å². The summed E-state index contributed by atoms with van der Waals surface area (Å²) in [5.41, 5.74) is 2.46. The average Bonchev–Trinajstić information content (AvgIpc) is 2.52. The summed E-state index contributed by atoms with van der Waals surface area (Å²) in [6.07, 6.45) is 0.911. The van der Waals surface area contributed by atoms with E-state index in [1.54, 1.807) is 6.92 Å². The molecule has 92 valence electrons. The van der Waals surface area contributed by atoms with E-state index in [9.17, 15) is 4.79 Å². The molecule has 4 heteroatoms. The Morgan fingerprint density at radius 2 is 2.29 bits per heavy atom. The van der Waals surface area contributed by atoms with Crippen LogP contribution in [0, 0.1) is 0 Å². The molecule has 0 bridgehead atoms. The van der Waals surface area contributed by atoms with Crippen molar-refractivity contribution in [1.29, 1.82) is 0 Å². The molecule has 1 aliphatic heterocycles. The largest absolute Gasteiger partial charge is 0.480 e. The second kappa shape index (κ2) is 5.29. The molecule has 0 fully saturated rings. The van der Waals surface area contributed by atoms with Crippen molar-refractivity contribution in [2.45, 2.75) is 32.0 Å². The molecule has 1 aliphatic rings. The Labute approximate surface area is 101 Å². The first kappa shape index (κ1) is 12.1. The van der Waals surface area contributed by atoms with Crippen molar-refractivity contribution in [3.63, 3.8) is 0 Å². The van der Waals surface area contributed by atoms with E-state index in [4.69, 9.17) is 5.11 Å². The van der Waals surface area contributed by atoms with Crippen molar-refractivity contribution in [2.24, 2.45) is 0 Å². The van der Waals surface area contributed by atoms with Crippen LogP contribution in [0.1, 0.15) is 30.5 Å². The number of hydrogen-bond acceptors (Lipinski definition) is 3. The maximum atomic E-state index is 10.9. The predicted molar refractivity (Wildman–Crippen MR) is 65.7 cm³/mol. The SMILES string of the molecule is CC(NC1CCNCc2ccccc21)C(=O)O. The highest BCUT2D eigenvalue weighted by Crippen LogP contribution is 2.23. The summed E-state index contributed by atoms with van der Waals surface area (Å²) in [5, 5.41) is 15.5. The minimum absolute atomic E-state index is 0.118. The highest BCUT2D eigenvalue weighted by molar-refractivity contribution is 5.72. The van der Waals surface area contributed by atoms with Gasteiger partial charge in [-0.15, -0.1) is 0 Å². The van der Waals surface area contributed by atoms with E-state index in [0.29, 0.717) is 0 Å². The van der Waals surface area contributed by atoms with E-state index < -0.39 is 12.0 Å². The number of carbonyl (C=O) groups is 1. The van der Waals surface area contributed by atoms with Crippen LogP contribution in [0.25, 0.3) is 0 Å². The van der Waals surface area contributed by atoms with Crippen LogP contribution >= 0.6 is 0 Å². The number of aliphatic carboxylic acids is 1. The van der Waals surface area contributed by atoms with Gasteiger partial charge in [-0.2, -0.15) is 0 Å². The molecular weight excluding hydrogens is 216 g/mol. The van der Waals surface area contributed by atoms with Crippen LogP contribution in [0.2, 0.25) is 0 Å². The third kappa shape index (κ3) is 2.84. The first-order valence-electron chi connectivity index (χ1n) is 5.96. The van der Waals surface area contributed by atoms with E-state index in [0.717, 1.165) is 19.5 Å². The van der Waals surface area contributed by atoms with Crippen LogP contribution < -0.4 is 10.6 Å². The molecule has 2 rings (SSSR count). The fraction of sp³-hybridized carbons (Fsp3) is 0.462. The van der Waals surface area contributed by atoms with Crippen molar-refractivity contribution in [1.82, 2.24) is 10.6 Å². The molecule has 4 nitrogen and oxygen atoms in total. The fourth-order valence-corrected chi connectivity index (χ4v) is 2.21. The molecule has 2 unspecified atom stereocenters. The molecular formula is C13H18N2O2. The van der Waals surface area contributed by atoms with Gasteiger partial charge in [0.1, 0.15) is 6.04 Å². The monoisotopic (exact) mass is 234 g/mol. The Morgan fingerprint density at radius 1 is 1.53 bits per heavy atom. The van der Waals surface area contributed by atoms with Gasteiger partial charge in [0.2, 0.25) is 0 Å². The van der Waals surface area contributed by atoms with Gasteiger partial charge in [-0.25, -0.2) is 0 Å². The second-order valence-electron chi connectivity index (χ2n) is 4.44. The summed E-state index contributed by atoms with van der Waals surface area (Å²) >= 11 is 0. The van der Waals surface area contributed by atoms with Crippen LogP contribution in [0.5, 0.6) is 0 Å². The molecule has 0 saturated heterocycles. The second-order valence-corrected chi connectivity index (χ2v) is 4.44. The van der Waals surface area contributed by atoms with Crippen molar-refractivity contribution in [3.05, 3.63) is 35.4 Å². The molecule has 0 aromatic heterocycles. The van der Waals surface area contributed by atoms with Crippen molar-refractivity contribution >= 4 is 5.97 Å². The summed E-state index contributed by atoms with van der Waals surface area (Å²) in [5.74, 6) is -0.806. The van der Waals surface area contributed by atoms with Crippen LogP contribution in [0.3, 0.4) is 0 Å². The highest BCUT2D eigenvalue weighted by Gasteiger charge is 2.21. The number of carboxylic acid groups (broad SMARTS) is 1. The number of carboxylic acids is 1. The van der Waals surface area contributed by atoms with E-state index in [-0.39, 0.29) is 6.04 Å². The molecule has 1 aromatic carbocycles. The fourth-order valence-electron chi connectivity index (χ4n) is 2.21. The zero-order chi connectivity index (χ0) is 12.3. The van der Waals surface area contributed by atoms with Gasteiger partial charge in [0.25, 0.3) is 0 Å². The summed E-state index contributed by atoms with van der Waals surface area (Å²) in [6, 6.07) is 7.79. The minimum Gasteiger partial charge on any atom is -0.480 e. The molecule has 1 aromatic rings. The lowest BCUT2D eigenvalue weighted by atomic mass is 9.99. The smallest absolute Gasteiger partial charge is 0.320 e. The lowest BCUT2D eigenvalue weighted by Gasteiger charge is -2.21. The number of nitrogens with one attached hydrogen (secondary N) is 2. The predicted octanol–water partition coefficient (Wildman–Crippen LogP) is 1.28. The number of rotatable bonds is 3. The number of fused-ring (bicyclic) bond motifs is 1. The first-order valence-corrected chi connectivity index (χ1v) is 5.96. The molecule has 0 saturated carbocycles. The molecule has 0 aliphatic carbocycles. The Hall–Kier alpha value is -1.39. The number of benzene rings is 1. The molecule has 0 amide bonds. The summed E-state index contributed by atoms with van der Waals surface area (Å²) in [7, 11) is 0. The standard InChI is InChI=1S/C13H18N2O2/c1-9(13(16)17)15-12-6-7-14-8-10-4-2-3-5-11(10)12/h2-5,9,12,14-15H,6-8H2,1H3,(H,16,17). The van der Waals surface area contributed by atoms with Crippen LogP contribution in [0.15, 0.2) is 24.3 Å². The maximum absolute atomic E-state index is 10.9. The van der Waals surface area contributed by atoms with Crippen LogP contribution in [0.4, 0.5) is 0 Å². The normalized spacial score (nSPS) is 21.4. The third-order valence-electron chi connectivity index (χ3n) is 3.18. The molecule has 1 heterocycles. The van der Waals surface area contributed by atoms with Gasteiger partial charge in [-0.3, -0.25) is 10.1 Å². The van der Waals surface area contributed by atoms with Gasteiger partial charge in [0.15, 0.2) is 0 Å². The lowest BCUT2D eigenvalue weighted by Crippen LogP contribution is -2.37. The summed E-state index contributed by atoms with van der Waals surface area (Å²) < 4.78 is 0. The Balaban J connectivity index is 2.20. The Morgan fingerprint density at radius 3 is 3.06 bits per heavy atom. The highest BCUT2D eigenvalue weighted by atomic mass is 16.4. The quantitative estimate of drug-likeness (QED) is 0.737. The van der Waals surface area contributed by atoms with E-state index in [2.05, 4.69) is 22.8 Å². The zero-order valence-electron chi connectivity index (χ0n) is 9.94. The summed E-state index contributed by atoms with van der Waals surface area (Å²) in [6.45, 7) is 3.44.